The predicted molar refractivity (Wildman–Crippen MR) is 115 cm³/mol. The Bertz CT molecular complexity index is 1090. The zero-order chi connectivity index (χ0) is 20.5. The molecule has 6 nitrogen and oxygen atoms in total. The van der Waals surface area contributed by atoms with Gasteiger partial charge in [0.25, 0.3) is 0 Å². The first-order chi connectivity index (χ1) is 14.0. The van der Waals surface area contributed by atoms with Crippen molar-refractivity contribution < 1.29 is 9.53 Å². The summed E-state index contributed by atoms with van der Waals surface area (Å²) < 4.78 is 5.72. The maximum atomic E-state index is 12.3. The number of hydrogen-bond donors (Lipinski definition) is 0. The second-order valence-corrected chi connectivity index (χ2v) is 7.47. The van der Waals surface area contributed by atoms with Crippen LogP contribution in [0, 0.1) is 0 Å². The Labute approximate surface area is 178 Å². The van der Waals surface area contributed by atoms with Crippen LogP contribution in [0.3, 0.4) is 0 Å². The van der Waals surface area contributed by atoms with Crippen molar-refractivity contribution in [2.45, 2.75) is 0 Å². The van der Waals surface area contributed by atoms with Gasteiger partial charge < -0.3 is 9.64 Å². The summed E-state index contributed by atoms with van der Waals surface area (Å²) in [7, 11) is 3.40. The molecule has 0 aliphatic carbocycles. The highest BCUT2D eigenvalue weighted by atomic mass is 35.5. The molecule has 1 aromatic heterocycles. The highest BCUT2D eigenvalue weighted by Crippen LogP contribution is 2.41. The van der Waals surface area contributed by atoms with E-state index in [2.05, 4.69) is 10.2 Å². The molecule has 3 aromatic rings. The third kappa shape index (κ3) is 3.61. The summed E-state index contributed by atoms with van der Waals surface area (Å²) in [6, 6.07) is 13.2. The van der Waals surface area contributed by atoms with E-state index in [0.29, 0.717) is 34.7 Å². The van der Waals surface area contributed by atoms with Gasteiger partial charge in [0.1, 0.15) is 5.75 Å². The van der Waals surface area contributed by atoms with Gasteiger partial charge in [-0.2, -0.15) is 5.10 Å². The highest BCUT2D eigenvalue weighted by Gasteiger charge is 2.28. The number of amides is 2. The van der Waals surface area contributed by atoms with Crippen molar-refractivity contribution in [3.63, 3.8) is 0 Å². The van der Waals surface area contributed by atoms with Crippen molar-refractivity contribution >= 4 is 34.9 Å². The standard InChI is InChI=1S/C21H18Cl2N4O2/c1-26-8-9-27(21(26)28)18-7-6-13(10-17(18)22)15-4-3-5-16(20(15)29-2)14-11-19(23)25-24-12-14/h3-7,10-12H,8-9H2,1-2H3. The fourth-order valence-electron chi connectivity index (χ4n) is 3.46. The topological polar surface area (TPSA) is 58.6 Å². The maximum absolute atomic E-state index is 12.3. The molecule has 8 heteroatoms. The van der Waals surface area contributed by atoms with E-state index in [1.54, 1.807) is 36.2 Å². The minimum atomic E-state index is -0.0544. The number of carbonyl (C=O) groups is 1. The van der Waals surface area contributed by atoms with E-state index in [9.17, 15) is 4.79 Å². The Morgan fingerprint density at radius 2 is 1.79 bits per heavy atom. The maximum Gasteiger partial charge on any atom is 0.324 e. The fraction of sp³-hybridized carbons (Fsp3) is 0.190. The number of rotatable bonds is 4. The van der Waals surface area contributed by atoms with Crippen molar-refractivity contribution in [2.75, 3.05) is 32.1 Å². The van der Waals surface area contributed by atoms with Gasteiger partial charge in [-0.05, 0) is 23.8 Å². The van der Waals surface area contributed by atoms with Crippen LogP contribution in [0.1, 0.15) is 0 Å². The molecule has 0 atom stereocenters. The minimum Gasteiger partial charge on any atom is -0.495 e. The van der Waals surface area contributed by atoms with Gasteiger partial charge in [0.2, 0.25) is 0 Å². The second-order valence-electron chi connectivity index (χ2n) is 6.68. The lowest BCUT2D eigenvalue weighted by atomic mass is 9.98. The molecule has 1 saturated heterocycles. The first kappa shape index (κ1) is 19.5. The molecule has 0 saturated carbocycles. The summed E-state index contributed by atoms with van der Waals surface area (Å²) in [5.41, 5.74) is 4.10. The van der Waals surface area contributed by atoms with Crippen LogP contribution in [0.25, 0.3) is 22.3 Å². The normalized spacial score (nSPS) is 13.9. The predicted octanol–water partition coefficient (Wildman–Crippen LogP) is 5.00. The quantitative estimate of drug-likeness (QED) is 0.586. The summed E-state index contributed by atoms with van der Waals surface area (Å²) in [5, 5.41) is 8.53. The molecule has 1 aliphatic rings. The third-order valence-corrected chi connectivity index (χ3v) is 5.41. The Kier molecular flexibility index (Phi) is 5.30. The van der Waals surface area contributed by atoms with Crippen LogP contribution in [0.4, 0.5) is 10.5 Å². The van der Waals surface area contributed by atoms with Crippen molar-refractivity contribution in [3.8, 4) is 28.0 Å². The largest absolute Gasteiger partial charge is 0.495 e. The lowest BCUT2D eigenvalue weighted by Gasteiger charge is -2.19. The lowest BCUT2D eigenvalue weighted by Crippen LogP contribution is -2.29. The molecular formula is C21H18Cl2N4O2. The zero-order valence-electron chi connectivity index (χ0n) is 15.9. The van der Waals surface area contributed by atoms with Gasteiger partial charge in [-0.1, -0.05) is 47.5 Å². The van der Waals surface area contributed by atoms with E-state index in [-0.39, 0.29) is 6.03 Å². The van der Waals surface area contributed by atoms with Crippen LogP contribution in [0.15, 0.2) is 48.7 Å². The first-order valence-corrected chi connectivity index (χ1v) is 9.73. The molecule has 2 amide bonds. The first-order valence-electron chi connectivity index (χ1n) is 8.97. The smallest absolute Gasteiger partial charge is 0.324 e. The monoisotopic (exact) mass is 428 g/mol. The number of methoxy groups -OCH3 is 1. The van der Waals surface area contributed by atoms with E-state index in [1.807, 2.05) is 36.4 Å². The van der Waals surface area contributed by atoms with E-state index in [0.717, 1.165) is 22.3 Å². The number of nitrogens with zero attached hydrogens (tertiary/aromatic N) is 4. The molecule has 0 radical (unpaired) electrons. The molecule has 0 bridgehead atoms. The molecule has 0 spiro atoms. The van der Waals surface area contributed by atoms with Crippen LogP contribution >= 0.6 is 23.2 Å². The Morgan fingerprint density at radius 3 is 2.41 bits per heavy atom. The number of ether oxygens (including phenoxy) is 1. The average molecular weight is 429 g/mol. The number of benzene rings is 2. The van der Waals surface area contributed by atoms with Gasteiger partial charge in [-0.15, -0.1) is 5.10 Å². The van der Waals surface area contributed by atoms with Crippen LogP contribution in [-0.2, 0) is 0 Å². The molecule has 148 valence electrons. The van der Waals surface area contributed by atoms with Gasteiger partial charge in [0.05, 0.1) is 24.0 Å². The Balaban J connectivity index is 1.76. The van der Waals surface area contributed by atoms with Crippen molar-refractivity contribution in [3.05, 3.63) is 58.8 Å². The number of hydrogen-bond acceptors (Lipinski definition) is 4. The lowest BCUT2D eigenvalue weighted by molar-refractivity contribution is 0.229. The molecule has 1 fully saturated rings. The Morgan fingerprint density at radius 1 is 1.03 bits per heavy atom. The fourth-order valence-corrected chi connectivity index (χ4v) is 3.91. The summed E-state index contributed by atoms with van der Waals surface area (Å²) in [6.07, 6.45) is 1.64. The summed E-state index contributed by atoms with van der Waals surface area (Å²) in [5.74, 6) is 0.678. The summed E-state index contributed by atoms with van der Waals surface area (Å²) in [4.78, 5) is 15.6. The van der Waals surface area contributed by atoms with E-state index < -0.39 is 0 Å². The average Bonchev–Trinajstić information content (AvgIpc) is 3.05. The van der Waals surface area contributed by atoms with E-state index >= 15 is 0 Å². The number of halogens is 2. The molecule has 1 aliphatic heterocycles. The molecule has 29 heavy (non-hydrogen) atoms. The number of carbonyl (C=O) groups excluding carboxylic acids is 1. The van der Waals surface area contributed by atoms with Gasteiger partial charge in [0, 0.05) is 36.8 Å². The summed E-state index contributed by atoms with van der Waals surface area (Å²) in [6.45, 7) is 1.29. The van der Waals surface area contributed by atoms with Gasteiger partial charge in [0.15, 0.2) is 5.15 Å². The molecule has 2 aromatic carbocycles. The van der Waals surface area contributed by atoms with Crippen LogP contribution < -0.4 is 9.64 Å². The van der Waals surface area contributed by atoms with Crippen molar-refractivity contribution in [1.29, 1.82) is 0 Å². The van der Waals surface area contributed by atoms with Crippen LogP contribution in [-0.4, -0.2) is 48.4 Å². The van der Waals surface area contributed by atoms with Crippen molar-refractivity contribution in [1.82, 2.24) is 15.1 Å². The minimum absolute atomic E-state index is 0.0544. The molecular weight excluding hydrogens is 411 g/mol. The van der Waals surface area contributed by atoms with E-state index in [1.165, 1.54) is 0 Å². The molecule has 2 heterocycles. The number of likely N-dealkylation sites (N-methyl/N-ethyl adjacent to an activating group) is 1. The van der Waals surface area contributed by atoms with Crippen LogP contribution in [0.2, 0.25) is 10.2 Å². The van der Waals surface area contributed by atoms with Gasteiger partial charge in [-0.25, -0.2) is 4.79 Å². The Hall–Kier alpha value is -2.83. The number of anilines is 1. The third-order valence-electron chi connectivity index (χ3n) is 4.92. The molecule has 4 rings (SSSR count). The molecule has 0 N–H and O–H groups in total. The highest BCUT2D eigenvalue weighted by molar-refractivity contribution is 6.34. The molecule has 0 unspecified atom stereocenters. The summed E-state index contributed by atoms with van der Waals surface area (Å²) >= 11 is 12.6. The number of urea groups is 1. The number of para-hydroxylation sites is 1. The van der Waals surface area contributed by atoms with E-state index in [4.69, 9.17) is 27.9 Å². The second kappa shape index (κ2) is 7.89. The number of aromatic nitrogens is 2. The van der Waals surface area contributed by atoms with Gasteiger partial charge >= 0.3 is 6.03 Å². The SMILES string of the molecule is COc1c(-c2cnnc(Cl)c2)cccc1-c1ccc(N2CCN(C)C2=O)c(Cl)c1. The zero-order valence-corrected chi connectivity index (χ0v) is 17.4. The van der Waals surface area contributed by atoms with Crippen molar-refractivity contribution in [2.24, 2.45) is 0 Å². The van der Waals surface area contributed by atoms with Gasteiger partial charge in [-0.3, -0.25) is 4.90 Å². The van der Waals surface area contributed by atoms with Crippen LogP contribution in [0.5, 0.6) is 5.75 Å².